The number of rotatable bonds is 5. The number of urea groups is 1. The number of carbonyl (C=O) groups is 2. The van der Waals surface area contributed by atoms with E-state index in [0.717, 1.165) is 0 Å². The van der Waals surface area contributed by atoms with E-state index in [1.165, 1.54) is 25.3 Å². The molecule has 6 nitrogen and oxygen atoms in total. The van der Waals surface area contributed by atoms with Crippen molar-refractivity contribution in [3.05, 3.63) is 28.8 Å². The van der Waals surface area contributed by atoms with Gasteiger partial charge in [0, 0.05) is 18.7 Å². The molecular weight excluding hydrogens is 260 g/mol. The van der Waals surface area contributed by atoms with Gasteiger partial charge in [-0.1, -0.05) is 11.6 Å². The highest BCUT2D eigenvalue weighted by Crippen LogP contribution is 2.20. The van der Waals surface area contributed by atoms with Crippen molar-refractivity contribution in [2.24, 2.45) is 0 Å². The molecule has 1 aromatic carbocycles. The number of aromatic carboxylic acids is 1. The Bertz CT molecular complexity index is 451. The number of halogens is 1. The molecule has 0 aliphatic carbocycles. The van der Waals surface area contributed by atoms with Gasteiger partial charge in [-0.05, 0) is 18.2 Å². The zero-order chi connectivity index (χ0) is 13.5. The van der Waals surface area contributed by atoms with E-state index in [4.69, 9.17) is 21.4 Å². The maximum absolute atomic E-state index is 11.5. The number of nitrogens with one attached hydrogen (secondary N) is 2. The normalized spacial score (nSPS) is 9.89. The first kappa shape index (κ1) is 14.3. The van der Waals surface area contributed by atoms with E-state index in [1.54, 1.807) is 0 Å². The third-order valence-electron chi connectivity index (χ3n) is 2.05. The number of carboxylic acids is 1. The van der Waals surface area contributed by atoms with Crippen molar-refractivity contribution in [3.63, 3.8) is 0 Å². The molecule has 3 N–H and O–H groups in total. The van der Waals surface area contributed by atoms with Gasteiger partial charge in [0.1, 0.15) is 0 Å². The van der Waals surface area contributed by atoms with E-state index in [0.29, 0.717) is 18.2 Å². The number of hydrogen-bond acceptors (Lipinski definition) is 3. The Hall–Kier alpha value is -1.79. The number of ether oxygens (including phenoxy) is 1. The SMILES string of the molecule is COCCNC(=O)Nc1cc(Cl)ccc1C(=O)O. The molecule has 0 bridgehead atoms. The summed E-state index contributed by atoms with van der Waals surface area (Å²) in [7, 11) is 1.51. The molecule has 1 aromatic rings. The van der Waals surface area contributed by atoms with Crippen LogP contribution in [0.3, 0.4) is 0 Å². The summed E-state index contributed by atoms with van der Waals surface area (Å²) >= 11 is 5.75. The molecule has 1 rings (SSSR count). The Morgan fingerprint density at radius 2 is 2.17 bits per heavy atom. The third kappa shape index (κ3) is 4.23. The molecule has 0 radical (unpaired) electrons. The molecule has 0 unspecified atom stereocenters. The molecule has 0 aromatic heterocycles. The van der Waals surface area contributed by atoms with Crippen LogP contribution in [-0.2, 0) is 4.74 Å². The predicted molar refractivity (Wildman–Crippen MR) is 67.3 cm³/mol. The van der Waals surface area contributed by atoms with E-state index in [1.807, 2.05) is 0 Å². The molecular formula is C11H13ClN2O4. The lowest BCUT2D eigenvalue weighted by molar-refractivity contribution is 0.0698. The topological polar surface area (TPSA) is 87.7 Å². The van der Waals surface area contributed by atoms with Gasteiger partial charge in [-0.2, -0.15) is 0 Å². The smallest absolute Gasteiger partial charge is 0.337 e. The standard InChI is InChI=1S/C11H13ClN2O4/c1-18-5-4-13-11(17)14-9-6-7(12)2-3-8(9)10(15)16/h2-3,6H,4-5H2,1H3,(H,15,16)(H2,13,14,17). The zero-order valence-electron chi connectivity index (χ0n) is 9.70. The maximum Gasteiger partial charge on any atom is 0.337 e. The van der Waals surface area contributed by atoms with Crippen molar-refractivity contribution < 1.29 is 19.4 Å². The van der Waals surface area contributed by atoms with Gasteiger partial charge in [0.25, 0.3) is 0 Å². The molecule has 2 amide bonds. The van der Waals surface area contributed by atoms with Crippen molar-refractivity contribution in [3.8, 4) is 0 Å². The average Bonchev–Trinajstić information content (AvgIpc) is 2.29. The van der Waals surface area contributed by atoms with Gasteiger partial charge in [0.2, 0.25) is 0 Å². The highest BCUT2D eigenvalue weighted by Gasteiger charge is 2.12. The molecule has 0 saturated heterocycles. The molecule has 0 spiro atoms. The summed E-state index contributed by atoms with van der Waals surface area (Å²) in [5, 5.41) is 14.2. The Labute approximate surface area is 109 Å². The summed E-state index contributed by atoms with van der Waals surface area (Å²) in [6, 6.07) is 3.63. The Balaban J connectivity index is 2.73. The lowest BCUT2D eigenvalue weighted by Gasteiger charge is -2.10. The Kier molecular flexibility index (Phi) is 5.41. The molecule has 0 heterocycles. The van der Waals surface area contributed by atoms with E-state index < -0.39 is 12.0 Å². The van der Waals surface area contributed by atoms with Crippen molar-refractivity contribution in [2.45, 2.75) is 0 Å². The predicted octanol–water partition coefficient (Wildman–Crippen LogP) is 1.81. The van der Waals surface area contributed by atoms with Crippen LogP contribution in [0.25, 0.3) is 0 Å². The molecule has 0 fully saturated rings. The number of anilines is 1. The fraction of sp³-hybridized carbons (Fsp3) is 0.273. The number of methoxy groups -OCH3 is 1. The minimum Gasteiger partial charge on any atom is -0.478 e. The molecule has 7 heteroatoms. The number of carboxylic acid groups (broad SMARTS) is 1. The van der Waals surface area contributed by atoms with Gasteiger partial charge in [-0.3, -0.25) is 0 Å². The molecule has 0 saturated carbocycles. The van der Waals surface area contributed by atoms with Crippen LogP contribution in [0.1, 0.15) is 10.4 Å². The second-order valence-corrected chi connectivity index (χ2v) is 3.81. The van der Waals surface area contributed by atoms with Gasteiger partial charge in [0.15, 0.2) is 0 Å². The van der Waals surface area contributed by atoms with Crippen molar-refractivity contribution in [1.29, 1.82) is 0 Å². The molecule has 0 aliphatic rings. The first-order valence-corrected chi connectivity index (χ1v) is 5.49. The Morgan fingerprint density at radius 1 is 1.44 bits per heavy atom. The quantitative estimate of drug-likeness (QED) is 0.713. The fourth-order valence-corrected chi connectivity index (χ4v) is 1.41. The second kappa shape index (κ2) is 6.83. The first-order chi connectivity index (χ1) is 8.54. The van der Waals surface area contributed by atoms with E-state index in [-0.39, 0.29) is 11.3 Å². The van der Waals surface area contributed by atoms with Crippen LogP contribution in [0.15, 0.2) is 18.2 Å². The average molecular weight is 273 g/mol. The molecule has 0 atom stereocenters. The number of amides is 2. The minimum atomic E-state index is -1.14. The largest absolute Gasteiger partial charge is 0.478 e. The van der Waals surface area contributed by atoms with Gasteiger partial charge in [-0.15, -0.1) is 0 Å². The first-order valence-electron chi connectivity index (χ1n) is 5.11. The number of hydrogen-bond donors (Lipinski definition) is 3. The van der Waals surface area contributed by atoms with E-state index in [2.05, 4.69) is 10.6 Å². The van der Waals surface area contributed by atoms with Crippen LogP contribution in [0, 0.1) is 0 Å². The van der Waals surface area contributed by atoms with Crippen LogP contribution in [0.4, 0.5) is 10.5 Å². The second-order valence-electron chi connectivity index (χ2n) is 3.37. The molecule has 0 aliphatic heterocycles. The van der Waals surface area contributed by atoms with Gasteiger partial charge in [-0.25, -0.2) is 9.59 Å². The number of carbonyl (C=O) groups excluding carboxylic acids is 1. The summed E-state index contributed by atoms with van der Waals surface area (Å²) in [5.74, 6) is -1.14. The maximum atomic E-state index is 11.5. The third-order valence-corrected chi connectivity index (χ3v) is 2.29. The Morgan fingerprint density at radius 3 is 2.78 bits per heavy atom. The van der Waals surface area contributed by atoms with Crippen LogP contribution in [0.2, 0.25) is 5.02 Å². The molecule has 18 heavy (non-hydrogen) atoms. The van der Waals surface area contributed by atoms with E-state index in [9.17, 15) is 9.59 Å². The summed E-state index contributed by atoms with van der Waals surface area (Å²) in [6.45, 7) is 0.695. The zero-order valence-corrected chi connectivity index (χ0v) is 10.5. The van der Waals surface area contributed by atoms with Crippen molar-refractivity contribution >= 4 is 29.3 Å². The minimum absolute atomic E-state index is 0.0266. The van der Waals surface area contributed by atoms with Gasteiger partial charge < -0.3 is 20.5 Å². The lowest BCUT2D eigenvalue weighted by Crippen LogP contribution is -2.31. The summed E-state index contributed by atoms with van der Waals surface area (Å²) in [6.07, 6.45) is 0. The lowest BCUT2D eigenvalue weighted by atomic mass is 10.2. The monoisotopic (exact) mass is 272 g/mol. The summed E-state index contributed by atoms with van der Waals surface area (Å²) in [4.78, 5) is 22.4. The van der Waals surface area contributed by atoms with Crippen LogP contribution < -0.4 is 10.6 Å². The van der Waals surface area contributed by atoms with Crippen LogP contribution in [-0.4, -0.2) is 37.4 Å². The number of benzene rings is 1. The fourth-order valence-electron chi connectivity index (χ4n) is 1.24. The highest BCUT2D eigenvalue weighted by atomic mass is 35.5. The van der Waals surface area contributed by atoms with Crippen LogP contribution in [0.5, 0.6) is 0 Å². The molecule has 98 valence electrons. The van der Waals surface area contributed by atoms with E-state index >= 15 is 0 Å². The van der Waals surface area contributed by atoms with Gasteiger partial charge in [0.05, 0.1) is 17.9 Å². The summed E-state index contributed by atoms with van der Waals surface area (Å²) < 4.78 is 4.77. The highest BCUT2D eigenvalue weighted by molar-refractivity contribution is 6.31. The van der Waals surface area contributed by atoms with Gasteiger partial charge >= 0.3 is 12.0 Å². The van der Waals surface area contributed by atoms with Crippen molar-refractivity contribution in [1.82, 2.24) is 5.32 Å². The van der Waals surface area contributed by atoms with Crippen molar-refractivity contribution in [2.75, 3.05) is 25.6 Å². The summed E-state index contributed by atoms with van der Waals surface area (Å²) in [5.41, 5.74) is 0.117. The van der Waals surface area contributed by atoms with Crippen LogP contribution >= 0.6 is 11.6 Å².